The van der Waals surface area contributed by atoms with Gasteiger partial charge in [-0.25, -0.2) is 4.79 Å². The molecule has 24 heavy (non-hydrogen) atoms. The van der Waals surface area contributed by atoms with Gasteiger partial charge >= 0.3 is 5.69 Å². The molecule has 3 unspecified atom stereocenters. The van der Waals surface area contributed by atoms with Crippen LogP contribution in [0.2, 0.25) is 0 Å². The van der Waals surface area contributed by atoms with Crippen LogP contribution in [0, 0.1) is 11.8 Å². The highest BCUT2D eigenvalue weighted by atomic mass is 16.1. The fraction of sp³-hybridized carbons (Fsp3) is 0.650. The lowest BCUT2D eigenvalue weighted by Crippen LogP contribution is -2.51. The van der Waals surface area contributed by atoms with E-state index in [2.05, 4.69) is 27.4 Å². The first-order valence-corrected chi connectivity index (χ1v) is 9.73. The fourth-order valence-electron chi connectivity index (χ4n) is 5.88. The van der Waals surface area contributed by atoms with Crippen LogP contribution in [0.4, 0.5) is 0 Å². The summed E-state index contributed by atoms with van der Waals surface area (Å²) in [4.78, 5) is 17.8. The van der Waals surface area contributed by atoms with Crippen LogP contribution in [0.15, 0.2) is 23.0 Å². The van der Waals surface area contributed by atoms with Gasteiger partial charge in [0.15, 0.2) is 0 Å². The van der Waals surface area contributed by atoms with Crippen molar-refractivity contribution in [3.8, 4) is 0 Å². The predicted octanol–water partition coefficient (Wildman–Crippen LogP) is 3.79. The smallest absolute Gasteiger partial charge is 0.306 e. The number of hydrogen-bond donors (Lipinski definition) is 3. The van der Waals surface area contributed by atoms with E-state index in [1.165, 1.54) is 63.4 Å². The number of imidazole rings is 1. The minimum Gasteiger partial charge on any atom is -0.306 e. The number of aromatic amines is 2. The van der Waals surface area contributed by atoms with Gasteiger partial charge in [-0.1, -0.05) is 37.8 Å². The van der Waals surface area contributed by atoms with Gasteiger partial charge in [-0.05, 0) is 55.6 Å². The minimum atomic E-state index is -0.0941. The van der Waals surface area contributed by atoms with Gasteiger partial charge in [0.25, 0.3) is 0 Å². The minimum absolute atomic E-state index is 0.0397. The zero-order chi connectivity index (χ0) is 16.1. The number of hydrogen-bond acceptors (Lipinski definition) is 2. The van der Waals surface area contributed by atoms with Crippen molar-refractivity contribution in [2.24, 2.45) is 11.8 Å². The van der Waals surface area contributed by atoms with Crippen molar-refractivity contribution < 1.29 is 0 Å². The molecule has 1 aromatic heterocycles. The summed E-state index contributed by atoms with van der Waals surface area (Å²) in [5.41, 5.74) is 3.21. The van der Waals surface area contributed by atoms with Gasteiger partial charge in [0.2, 0.25) is 0 Å². The van der Waals surface area contributed by atoms with Crippen molar-refractivity contribution in [3.05, 3.63) is 34.2 Å². The molecule has 3 fully saturated rings. The molecule has 4 nitrogen and oxygen atoms in total. The van der Waals surface area contributed by atoms with E-state index in [1.807, 2.05) is 6.07 Å². The van der Waals surface area contributed by atoms with Crippen molar-refractivity contribution in [3.63, 3.8) is 0 Å². The number of rotatable bonds is 3. The van der Waals surface area contributed by atoms with Crippen LogP contribution >= 0.6 is 0 Å². The summed E-state index contributed by atoms with van der Waals surface area (Å²) in [5, 5.41) is 4.14. The number of aromatic nitrogens is 2. The molecule has 128 valence electrons. The van der Waals surface area contributed by atoms with E-state index in [1.54, 1.807) is 0 Å². The number of para-hydroxylation sites is 1. The second-order valence-corrected chi connectivity index (χ2v) is 8.38. The summed E-state index contributed by atoms with van der Waals surface area (Å²) in [6, 6.07) is 7.01. The zero-order valence-electron chi connectivity index (χ0n) is 14.2. The zero-order valence-corrected chi connectivity index (χ0v) is 14.2. The van der Waals surface area contributed by atoms with Gasteiger partial charge < -0.3 is 15.3 Å². The quantitative estimate of drug-likeness (QED) is 0.804. The normalized spacial score (nSPS) is 31.8. The van der Waals surface area contributed by atoms with E-state index < -0.39 is 0 Å². The van der Waals surface area contributed by atoms with E-state index in [-0.39, 0.29) is 11.2 Å². The average Bonchev–Trinajstić information content (AvgIpc) is 3.29. The standard InChI is InChI=1S/C20H27N3O/c24-19-21-16-6-4-5-15(18(16)22-19)20(9-2-1-3-10-20)23-17-12-13-7-8-14(17)11-13/h4-6,13-14,17,23H,1-3,7-12H2,(H2,21,22,24). The summed E-state index contributed by atoms with van der Waals surface area (Å²) >= 11 is 0. The van der Waals surface area contributed by atoms with Crippen molar-refractivity contribution in [1.29, 1.82) is 0 Å². The Morgan fingerprint density at radius 3 is 2.67 bits per heavy atom. The average molecular weight is 325 g/mol. The van der Waals surface area contributed by atoms with Gasteiger partial charge in [0.05, 0.1) is 11.0 Å². The van der Waals surface area contributed by atoms with Crippen LogP contribution in [-0.4, -0.2) is 16.0 Å². The SMILES string of the molecule is O=c1[nH]c2cccc(C3(NC4CC5CCC4C5)CCCCC3)c2[nH]1. The molecule has 3 N–H and O–H groups in total. The van der Waals surface area contributed by atoms with E-state index in [0.29, 0.717) is 6.04 Å². The topological polar surface area (TPSA) is 60.7 Å². The maximum absolute atomic E-state index is 11.8. The van der Waals surface area contributed by atoms with Crippen LogP contribution in [-0.2, 0) is 5.54 Å². The first-order valence-electron chi connectivity index (χ1n) is 9.73. The first kappa shape index (κ1) is 14.8. The summed E-state index contributed by atoms with van der Waals surface area (Å²) < 4.78 is 0. The van der Waals surface area contributed by atoms with E-state index in [4.69, 9.17) is 0 Å². The highest BCUT2D eigenvalue weighted by Crippen LogP contribution is 2.48. The van der Waals surface area contributed by atoms with Crippen LogP contribution in [0.1, 0.15) is 63.4 Å². The van der Waals surface area contributed by atoms with E-state index >= 15 is 0 Å². The molecule has 1 aromatic carbocycles. The third-order valence-corrected chi connectivity index (χ3v) is 6.97. The lowest BCUT2D eigenvalue weighted by atomic mass is 9.75. The molecule has 2 aromatic rings. The molecule has 3 aliphatic carbocycles. The van der Waals surface area contributed by atoms with Crippen molar-refractivity contribution in [2.75, 3.05) is 0 Å². The van der Waals surface area contributed by atoms with Crippen LogP contribution in [0.5, 0.6) is 0 Å². The Morgan fingerprint density at radius 2 is 1.92 bits per heavy atom. The highest BCUT2D eigenvalue weighted by molar-refractivity contribution is 5.79. The molecule has 0 amide bonds. The van der Waals surface area contributed by atoms with E-state index in [0.717, 1.165) is 22.9 Å². The molecular weight excluding hydrogens is 298 g/mol. The lowest BCUT2D eigenvalue weighted by Gasteiger charge is -2.43. The molecular formula is C20H27N3O. The summed E-state index contributed by atoms with van der Waals surface area (Å²) in [7, 11) is 0. The number of fused-ring (bicyclic) bond motifs is 3. The van der Waals surface area contributed by atoms with Gasteiger partial charge in [0, 0.05) is 11.6 Å². The first-order chi connectivity index (χ1) is 11.7. The third-order valence-electron chi connectivity index (χ3n) is 6.97. The number of benzene rings is 1. The Morgan fingerprint density at radius 1 is 1.04 bits per heavy atom. The van der Waals surface area contributed by atoms with Gasteiger partial charge in [-0.15, -0.1) is 0 Å². The highest BCUT2D eigenvalue weighted by Gasteiger charge is 2.44. The lowest BCUT2D eigenvalue weighted by molar-refractivity contribution is 0.181. The fourth-order valence-corrected chi connectivity index (χ4v) is 5.88. The molecule has 0 spiro atoms. The Hall–Kier alpha value is -1.55. The predicted molar refractivity (Wildman–Crippen MR) is 96.1 cm³/mol. The summed E-state index contributed by atoms with van der Waals surface area (Å²) in [6.07, 6.45) is 11.9. The van der Waals surface area contributed by atoms with Gasteiger partial charge in [-0.3, -0.25) is 0 Å². The van der Waals surface area contributed by atoms with Gasteiger partial charge in [-0.2, -0.15) is 0 Å². The maximum Gasteiger partial charge on any atom is 0.323 e. The second-order valence-electron chi connectivity index (χ2n) is 8.38. The molecule has 0 radical (unpaired) electrons. The van der Waals surface area contributed by atoms with Crippen LogP contribution in [0.25, 0.3) is 11.0 Å². The van der Waals surface area contributed by atoms with Gasteiger partial charge in [0.1, 0.15) is 0 Å². The van der Waals surface area contributed by atoms with Crippen molar-refractivity contribution >= 4 is 11.0 Å². The molecule has 4 heteroatoms. The Labute approximate surface area is 142 Å². The molecule has 1 heterocycles. The Kier molecular flexibility index (Phi) is 3.37. The van der Waals surface area contributed by atoms with Crippen molar-refractivity contribution in [2.45, 2.75) is 69.4 Å². The monoisotopic (exact) mass is 325 g/mol. The molecule has 5 rings (SSSR count). The molecule has 3 atom stereocenters. The van der Waals surface area contributed by atoms with E-state index in [9.17, 15) is 4.79 Å². The molecule has 0 aliphatic heterocycles. The van der Waals surface area contributed by atoms with Crippen molar-refractivity contribution in [1.82, 2.24) is 15.3 Å². The summed E-state index contributed by atoms with van der Waals surface area (Å²) in [5.74, 6) is 1.83. The summed E-state index contributed by atoms with van der Waals surface area (Å²) in [6.45, 7) is 0. The largest absolute Gasteiger partial charge is 0.323 e. The number of nitrogens with one attached hydrogen (secondary N) is 3. The Bertz CT molecular complexity index is 799. The molecule has 2 bridgehead atoms. The molecule has 0 saturated heterocycles. The second kappa shape index (κ2) is 5.48. The molecule has 3 aliphatic rings. The maximum atomic E-state index is 11.8. The Balaban J connectivity index is 1.57. The van der Waals surface area contributed by atoms with Crippen LogP contribution < -0.4 is 11.0 Å². The van der Waals surface area contributed by atoms with Crippen LogP contribution in [0.3, 0.4) is 0 Å². The number of H-pyrrole nitrogens is 2. The molecule has 3 saturated carbocycles. The third kappa shape index (κ3) is 2.26.